The van der Waals surface area contributed by atoms with Crippen LogP contribution in [-0.2, 0) is 11.2 Å². The number of hydrogen-bond donors (Lipinski definition) is 1. The molecule has 3 aromatic rings. The summed E-state index contributed by atoms with van der Waals surface area (Å²) in [5, 5.41) is 3.67. The van der Waals surface area contributed by atoms with Crippen molar-refractivity contribution in [2.75, 3.05) is 38.0 Å². The Kier molecular flexibility index (Phi) is 5.62. The number of furan rings is 1. The van der Waals surface area contributed by atoms with Crippen molar-refractivity contribution in [1.29, 1.82) is 0 Å². The highest BCUT2D eigenvalue weighted by molar-refractivity contribution is 6.11. The normalized spacial score (nSPS) is 14.9. The van der Waals surface area contributed by atoms with Crippen molar-refractivity contribution in [3.05, 3.63) is 65.9 Å². The van der Waals surface area contributed by atoms with Crippen LogP contribution in [0, 0.1) is 0 Å². The summed E-state index contributed by atoms with van der Waals surface area (Å²) in [7, 11) is 0. The van der Waals surface area contributed by atoms with Gasteiger partial charge in [0.1, 0.15) is 11.3 Å². The lowest BCUT2D eigenvalue weighted by Gasteiger charge is -2.33. The quantitative estimate of drug-likeness (QED) is 0.724. The largest absolute Gasteiger partial charge is 0.449 e. The van der Waals surface area contributed by atoms with Crippen LogP contribution in [0.5, 0.6) is 0 Å². The number of carbonyl (C=O) groups is 2. The Bertz CT molecular complexity index is 1000. The number of amides is 2. The van der Waals surface area contributed by atoms with Gasteiger partial charge in [-0.05, 0) is 24.2 Å². The average Bonchev–Trinajstić information content (AvgIpc) is 3.12. The number of benzene rings is 2. The second kappa shape index (κ2) is 8.49. The van der Waals surface area contributed by atoms with Crippen LogP contribution in [-0.4, -0.2) is 54.3 Å². The van der Waals surface area contributed by atoms with Crippen LogP contribution in [0.1, 0.15) is 23.0 Å². The van der Waals surface area contributed by atoms with Crippen molar-refractivity contribution >= 4 is 28.5 Å². The number of nitrogens with one attached hydrogen (secondary N) is 1. The third-order valence-electron chi connectivity index (χ3n) is 5.37. The Hall–Kier alpha value is -3.12. The summed E-state index contributed by atoms with van der Waals surface area (Å²) in [6, 6.07) is 17.0. The maximum Gasteiger partial charge on any atom is 0.291 e. The number of anilines is 1. The molecule has 2 amide bonds. The smallest absolute Gasteiger partial charge is 0.291 e. The summed E-state index contributed by atoms with van der Waals surface area (Å²) in [5.74, 6) is -0.142. The summed E-state index contributed by atoms with van der Waals surface area (Å²) >= 11 is 0. The molecule has 1 fully saturated rings. The SMILES string of the molecule is CCN1CCN(C(=O)c2oc3ccccc3c2NC(=O)Cc2ccccc2)CC1. The fourth-order valence-electron chi connectivity index (χ4n) is 3.70. The zero-order chi connectivity index (χ0) is 20.2. The number of piperazine rings is 1. The van der Waals surface area contributed by atoms with Gasteiger partial charge in [0.05, 0.1) is 6.42 Å². The molecule has 0 unspecified atom stereocenters. The minimum absolute atomic E-state index is 0.174. The van der Waals surface area contributed by atoms with Gasteiger partial charge in [0.2, 0.25) is 11.7 Å². The van der Waals surface area contributed by atoms with Crippen LogP contribution in [0.15, 0.2) is 59.0 Å². The highest BCUT2D eigenvalue weighted by atomic mass is 16.3. The lowest BCUT2D eigenvalue weighted by atomic mass is 10.1. The number of fused-ring (bicyclic) bond motifs is 1. The Balaban J connectivity index is 1.59. The first-order valence-corrected chi connectivity index (χ1v) is 10.0. The van der Waals surface area contributed by atoms with Crippen LogP contribution in [0.2, 0.25) is 0 Å². The summed E-state index contributed by atoms with van der Waals surface area (Å²) in [4.78, 5) is 30.0. The van der Waals surface area contributed by atoms with Gasteiger partial charge < -0.3 is 19.5 Å². The topological polar surface area (TPSA) is 65.8 Å². The van der Waals surface area contributed by atoms with Gasteiger partial charge in [0.15, 0.2) is 0 Å². The lowest BCUT2D eigenvalue weighted by Crippen LogP contribution is -2.48. The molecule has 1 saturated heterocycles. The molecule has 1 aromatic heterocycles. The van der Waals surface area contributed by atoms with Gasteiger partial charge in [0, 0.05) is 31.6 Å². The molecule has 6 heteroatoms. The van der Waals surface area contributed by atoms with E-state index in [9.17, 15) is 9.59 Å². The molecule has 0 atom stereocenters. The standard InChI is InChI=1S/C23H25N3O3/c1-2-25-12-14-26(15-13-25)23(28)22-21(18-10-6-7-11-19(18)29-22)24-20(27)16-17-8-4-3-5-9-17/h3-11H,2,12-16H2,1H3,(H,24,27). The monoisotopic (exact) mass is 391 g/mol. The van der Waals surface area contributed by atoms with Crippen LogP contribution in [0.3, 0.4) is 0 Å². The van der Waals surface area contributed by atoms with Gasteiger partial charge in [0.25, 0.3) is 5.91 Å². The Morgan fingerprint density at radius 1 is 0.966 bits per heavy atom. The molecule has 2 heterocycles. The van der Waals surface area contributed by atoms with E-state index in [-0.39, 0.29) is 24.0 Å². The summed E-state index contributed by atoms with van der Waals surface area (Å²) in [6.45, 7) is 6.10. The Labute approximate surface area is 170 Å². The zero-order valence-corrected chi connectivity index (χ0v) is 16.6. The van der Waals surface area contributed by atoms with Gasteiger partial charge in [-0.25, -0.2) is 0 Å². The van der Waals surface area contributed by atoms with Gasteiger partial charge in [-0.1, -0.05) is 49.4 Å². The maximum absolute atomic E-state index is 13.2. The Morgan fingerprint density at radius 3 is 2.38 bits per heavy atom. The number of rotatable bonds is 5. The molecule has 0 saturated carbocycles. The van der Waals surface area contributed by atoms with Crippen molar-refractivity contribution in [3.63, 3.8) is 0 Å². The minimum atomic E-state index is -0.174. The predicted octanol–water partition coefficient (Wildman–Crippen LogP) is 3.39. The second-order valence-electron chi connectivity index (χ2n) is 7.24. The van der Waals surface area contributed by atoms with Gasteiger partial charge in [-0.2, -0.15) is 0 Å². The summed E-state index contributed by atoms with van der Waals surface area (Å²) in [5.41, 5.74) is 1.98. The molecule has 6 nitrogen and oxygen atoms in total. The van der Waals surface area contributed by atoms with Gasteiger partial charge >= 0.3 is 0 Å². The van der Waals surface area contributed by atoms with E-state index in [1.54, 1.807) is 4.90 Å². The maximum atomic E-state index is 13.2. The van der Waals surface area contributed by atoms with Crippen molar-refractivity contribution < 1.29 is 14.0 Å². The lowest BCUT2D eigenvalue weighted by molar-refractivity contribution is -0.115. The van der Waals surface area contributed by atoms with E-state index in [2.05, 4.69) is 17.1 Å². The summed E-state index contributed by atoms with van der Waals surface area (Å²) in [6.07, 6.45) is 0.239. The average molecular weight is 391 g/mol. The molecule has 4 rings (SSSR count). The van der Waals surface area contributed by atoms with E-state index in [0.717, 1.165) is 30.6 Å². The first-order chi connectivity index (χ1) is 14.2. The van der Waals surface area contributed by atoms with E-state index in [1.807, 2.05) is 54.6 Å². The van der Waals surface area contributed by atoms with E-state index >= 15 is 0 Å². The first kappa shape index (κ1) is 19.2. The molecule has 2 aromatic carbocycles. The minimum Gasteiger partial charge on any atom is -0.449 e. The number of nitrogens with zero attached hydrogens (tertiary/aromatic N) is 2. The highest BCUT2D eigenvalue weighted by Gasteiger charge is 2.28. The third kappa shape index (κ3) is 4.17. The van der Waals surface area contributed by atoms with Gasteiger partial charge in [-0.3, -0.25) is 9.59 Å². The van der Waals surface area contributed by atoms with E-state index < -0.39 is 0 Å². The zero-order valence-electron chi connectivity index (χ0n) is 16.6. The Morgan fingerprint density at radius 2 is 1.66 bits per heavy atom. The molecule has 0 bridgehead atoms. The molecule has 0 radical (unpaired) electrons. The van der Waals surface area contributed by atoms with E-state index in [1.165, 1.54) is 0 Å². The molecule has 1 N–H and O–H groups in total. The number of carbonyl (C=O) groups excluding carboxylic acids is 2. The van der Waals surface area contributed by atoms with Crippen LogP contribution in [0.4, 0.5) is 5.69 Å². The third-order valence-corrected chi connectivity index (χ3v) is 5.37. The molecule has 0 aliphatic carbocycles. The molecule has 0 spiro atoms. The van der Waals surface area contributed by atoms with E-state index in [4.69, 9.17) is 4.42 Å². The number of para-hydroxylation sites is 1. The van der Waals surface area contributed by atoms with Crippen molar-refractivity contribution in [1.82, 2.24) is 9.80 Å². The van der Waals surface area contributed by atoms with Crippen molar-refractivity contribution in [2.45, 2.75) is 13.3 Å². The number of hydrogen-bond acceptors (Lipinski definition) is 4. The number of likely N-dealkylation sites (N-methyl/N-ethyl adjacent to an activating group) is 1. The molecule has 1 aliphatic rings. The van der Waals surface area contributed by atoms with Crippen LogP contribution >= 0.6 is 0 Å². The van der Waals surface area contributed by atoms with E-state index in [0.29, 0.717) is 24.4 Å². The van der Waals surface area contributed by atoms with Crippen LogP contribution < -0.4 is 5.32 Å². The molecule has 150 valence electrons. The highest BCUT2D eigenvalue weighted by Crippen LogP contribution is 2.32. The fraction of sp³-hybridized carbons (Fsp3) is 0.304. The molecule has 1 aliphatic heterocycles. The van der Waals surface area contributed by atoms with Crippen molar-refractivity contribution in [2.24, 2.45) is 0 Å². The second-order valence-corrected chi connectivity index (χ2v) is 7.24. The molecular formula is C23H25N3O3. The van der Waals surface area contributed by atoms with Crippen LogP contribution in [0.25, 0.3) is 11.0 Å². The summed E-state index contributed by atoms with van der Waals surface area (Å²) < 4.78 is 5.90. The molecular weight excluding hydrogens is 366 g/mol. The van der Waals surface area contributed by atoms with Crippen molar-refractivity contribution in [3.8, 4) is 0 Å². The fourth-order valence-corrected chi connectivity index (χ4v) is 3.70. The first-order valence-electron chi connectivity index (χ1n) is 10.0. The predicted molar refractivity (Wildman–Crippen MR) is 113 cm³/mol. The van der Waals surface area contributed by atoms with Gasteiger partial charge in [-0.15, -0.1) is 0 Å². The molecule has 29 heavy (non-hydrogen) atoms.